The summed E-state index contributed by atoms with van der Waals surface area (Å²) in [6, 6.07) is 2.97. The highest BCUT2D eigenvalue weighted by atomic mass is 16.3. The summed E-state index contributed by atoms with van der Waals surface area (Å²) in [7, 11) is 0. The van der Waals surface area contributed by atoms with Crippen molar-refractivity contribution < 1.29 is 5.11 Å². The minimum atomic E-state index is 0.271. The monoisotopic (exact) mass is 279 g/mol. The fourth-order valence-electron chi connectivity index (χ4n) is 3.19. The number of aromatic nitrogens is 2. The van der Waals surface area contributed by atoms with Crippen molar-refractivity contribution >= 4 is 0 Å². The van der Waals surface area contributed by atoms with Crippen molar-refractivity contribution in [1.29, 1.82) is 0 Å². The zero-order valence-electron chi connectivity index (χ0n) is 13.0. The maximum absolute atomic E-state index is 9.57. The van der Waals surface area contributed by atoms with Crippen LogP contribution in [-0.2, 0) is 6.54 Å². The molecule has 0 amide bonds. The molecule has 0 aliphatic carbocycles. The van der Waals surface area contributed by atoms with Gasteiger partial charge in [0.1, 0.15) is 0 Å². The third kappa shape index (κ3) is 3.83. The maximum Gasteiger partial charge on any atom is 0.0765 e. The van der Waals surface area contributed by atoms with E-state index in [9.17, 15) is 5.11 Å². The van der Waals surface area contributed by atoms with Crippen molar-refractivity contribution in [3.05, 3.63) is 18.0 Å². The average molecular weight is 279 g/mol. The van der Waals surface area contributed by atoms with Gasteiger partial charge in [-0.15, -0.1) is 0 Å². The van der Waals surface area contributed by atoms with E-state index in [-0.39, 0.29) is 6.61 Å². The Labute approximate surface area is 122 Å². The number of aliphatic hydroxyl groups excluding tert-OH is 1. The van der Waals surface area contributed by atoms with E-state index < -0.39 is 0 Å². The Kier molecular flexibility index (Phi) is 6.05. The van der Waals surface area contributed by atoms with Crippen LogP contribution in [0.2, 0.25) is 0 Å². The highest BCUT2D eigenvalue weighted by molar-refractivity contribution is 5.00. The average Bonchev–Trinajstić information content (AvgIpc) is 2.80. The molecule has 114 valence electrons. The summed E-state index contributed by atoms with van der Waals surface area (Å²) in [4.78, 5) is 2.41. The smallest absolute Gasteiger partial charge is 0.0765 e. The topological polar surface area (TPSA) is 41.3 Å². The second kappa shape index (κ2) is 7.79. The molecule has 1 atom stereocenters. The Hall–Kier alpha value is -0.870. The largest absolute Gasteiger partial charge is 0.395 e. The van der Waals surface area contributed by atoms with E-state index >= 15 is 0 Å². The van der Waals surface area contributed by atoms with E-state index in [2.05, 4.69) is 35.7 Å². The molecule has 0 aromatic carbocycles. The van der Waals surface area contributed by atoms with Gasteiger partial charge in [-0.1, -0.05) is 26.7 Å². The molecule has 2 heterocycles. The Bertz CT molecular complexity index is 387. The highest BCUT2D eigenvalue weighted by Gasteiger charge is 2.21. The number of likely N-dealkylation sites (tertiary alicyclic amines) is 1. The minimum absolute atomic E-state index is 0.271. The van der Waals surface area contributed by atoms with Gasteiger partial charge < -0.3 is 5.11 Å². The van der Waals surface area contributed by atoms with Crippen molar-refractivity contribution in [2.24, 2.45) is 0 Å². The quantitative estimate of drug-likeness (QED) is 0.870. The zero-order chi connectivity index (χ0) is 14.4. The first-order chi connectivity index (χ1) is 9.78. The molecule has 1 fully saturated rings. The van der Waals surface area contributed by atoms with Crippen molar-refractivity contribution in [3.63, 3.8) is 0 Å². The van der Waals surface area contributed by atoms with Crippen molar-refractivity contribution in [2.45, 2.75) is 71.0 Å². The van der Waals surface area contributed by atoms with Crippen LogP contribution in [0.1, 0.15) is 64.1 Å². The molecule has 1 N–H and O–H groups in total. The van der Waals surface area contributed by atoms with Gasteiger partial charge in [-0.05, 0) is 38.3 Å². The summed E-state index contributed by atoms with van der Waals surface area (Å²) >= 11 is 0. The first-order valence-electron chi connectivity index (χ1n) is 8.17. The Morgan fingerprint density at radius 1 is 1.30 bits per heavy atom. The molecule has 0 radical (unpaired) electrons. The normalized spacial score (nSPS) is 21.3. The van der Waals surface area contributed by atoms with Crippen LogP contribution >= 0.6 is 0 Å². The fraction of sp³-hybridized carbons (Fsp3) is 0.812. The van der Waals surface area contributed by atoms with Gasteiger partial charge >= 0.3 is 0 Å². The molecule has 1 aliphatic rings. The summed E-state index contributed by atoms with van der Waals surface area (Å²) in [6.45, 7) is 6.66. The summed E-state index contributed by atoms with van der Waals surface area (Å²) in [6.07, 6.45) is 9.24. The minimum Gasteiger partial charge on any atom is -0.395 e. The predicted octanol–water partition coefficient (Wildman–Crippen LogP) is 2.98. The molecule has 20 heavy (non-hydrogen) atoms. The molecule has 0 bridgehead atoms. The summed E-state index contributed by atoms with van der Waals surface area (Å²) in [5.41, 5.74) is 1.14. The molecule has 1 aromatic heterocycles. The lowest BCUT2D eigenvalue weighted by atomic mass is 10.1. The number of aliphatic hydroxyl groups is 1. The molecule has 2 rings (SSSR count). The van der Waals surface area contributed by atoms with Crippen LogP contribution in [0.15, 0.2) is 12.3 Å². The second-order valence-electron chi connectivity index (χ2n) is 5.91. The van der Waals surface area contributed by atoms with Gasteiger partial charge in [-0.3, -0.25) is 9.58 Å². The molecular formula is C16H29N3O. The van der Waals surface area contributed by atoms with E-state index in [0.717, 1.165) is 38.0 Å². The summed E-state index contributed by atoms with van der Waals surface area (Å²) in [5, 5.41) is 14.3. The maximum atomic E-state index is 9.57. The van der Waals surface area contributed by atoms with Crippen LogP contribution in [-0.4, -0.2) is 39.0 Å². The van der Waals surface area contributed by atoms with E-state index in [0.29, 0.717) is 12.1 Å². The van der Waals surface area contributed by atoms with Gasteiger partial charge in [-0.2, -0.15) is 5.10 Å². The van der Waals surface area contributed by atoms with Gasteiger partial charge in [0.2, 0.25) is 0 Å². The van der Waals surface area contributed by atoms with Gasteiger partial charge in [0, 0.05) is 18.8 Å². The number of hydrogen-bond donors (Lipinski definition) is 1. The predicted molar refractivity (Wildman–Crippen MR) is 81.6 cm³/mol. The number of nitrogens with zero attached hydrogens (tertiary/aromatic N) is 3. The molecule has 0 spiro atoms. The van der Waals surface area contributed by atoms with Gasteiger partial charge in [0.15, 0.2) is 0 Å². The van der Waals surface area contributed by atoms with Crippen LogP contribution in [0.5, 0.6) is 0 Å². The molecule has 1 aliphatic heterocycles. The fourth-order valence-corrected chi connectivity index (χ4v) is 3.19. The molecule has 4 nitrogen and oxygen atoms in total. The first kappa shape index (κ1) is 15.5. The molecule has 1 aromatic rings. The van der Waals surface area contributed by atoms with Crippen LogP contribution in [0, 0.1) is 0 Å². The first-order valence-corrected chi connectivity index (χ1v) is 8.17. The molecule has 0 saturated carbocycles. The van der Waals surface area contributed by atoms with E-state index in [1.165, 1.54) is 19.3 Å². The third-order valence-corrected chi connectivity index (χ3v) is 4.56. The Morgan fingerprint density at radius 2 is 2.10 bits per heavy atom. The number of rotatable bonds is 6. The third-order valence-electron chi connectivity index (χ3n) is 4.56. The van der Waals surface area contributed by atoms with Gasteiger partial charge in [0.05, 0.1) is 18.3 Å². The van der Waals surface area contributed by atoms with E-state index in [1.54, 1.807) is 0 Å². The standard InChI is InChI=1S/C16H29N3O/c1-3-15(4-2)19-11-9-14(17-19)12-18-10-7-5-6-8-16(18)13-20/h9,11,15-16,20H,3-8,10,12-13H2,1-2H3. The molecular weight excluding hydrogens is 250 g/mol. The highest BCUT2D eigenvalue weighted by Crippen LogP contribution is 2.20. The van der Waals surface area contributed by atoms with Crippen molar-refractivity contribution in [3.8, 4) is 0 Å². The molecule has 1 unspecified atom stereocenters. The lowest BCUT2D eigenvalue weighted by Crippen LogP contribution is -2.37. The van der Waals surface area contributed by atoms with Crippen LogP contribution in [0.25, 0.3) is 0 Å². The second-order valence-corrected chi connectivity index (χ2v) is 5.91. The lowest BCUT2D eigenvalue weighted by molar-refractivity contribution is 0.117. The van der Waals surface area contributed by atoms with Crippen molar-refractivity contribution in [1.82, 2.24) is 14.7 Å². The van der Waals surface area contributed by atoms with Crippen LogP contribution in [0.3, 0.4) is 0 Å². The Balaban J connectivity index is 2.01. The lowest BCUT2D eigenvalue weighted by Gasteiger charge is -2.27. The summed E-state index contributed by atoms with van der Waals surface area (Å²) in [5.74, 6) is 0. The molecule has 1 saturated heterocycles. The number of hydrogen-bond acceptors (Lipinski definition) is 3. The van der Waals surface area contributed by atoms with Crippen molar-refractivity contribution in [2.75, 3.05) is 13.2 Å². The van der Waals surface area contributed by atoms with E-state index in [4.69, 9.17) is 5.10 Å². The zero-order valence-corrected chi connectivity index (χ0v) is 13.0. The van der Waals surface area contributed by atoms with Crippen LogP contribution in [0.4, 0.5) is 0 Å². The van der Waals surface area contributed by atoms with Gasteiger partial charge in [0.25, 0.3) is 0 Å². The molecule has 4 heteroatoms. The SMILES string of the molecule is CCC(CC)n1ccc(CN2CCCCCC2CO)n1. The summed E-state index contributed by atoms with van der Waals surface area (Å²) < 4.78 is 2.11. The Morgan fingerprint density at radius 3 is 2.80 bits per heavy atom. The van der Waals surface area contributed by atoms with E-state index in [1.807, 2.05) is 0 Å². The van der Waals surface area contributed by atoms with Crippen LogP contribution < -0.4 is 0 Å². The van der Waals surface area contributed by atoms with Gasteiger partial charge in [-0.25, -0.2) is 0 Å².